The lowest BCUT2D eigenvalue weighted by atomic mass is 9.94. The van der Waals surface area contributed by atoms with Crippen molar-refractivity contribution in [2.45, 2.75) is 25.9 Å². The summed E-state index contributed by atoms with van der Waals surface area (Å²) in [6.07, 6.45) is 1.72. The van der Waals surface area contributed by atoms with Crippen LogP contribution >= 0.6 is 0 Å². The standard InChI is InChI=1S/C22H24N4O3/c1-15-7-8-19-20(23-15)24-22(29-19)25-11-9-16(10-12-25)21(27)26-13-18(14-26)28-17-5-3-2-4-6-17/h2-8,16,18H,9-14H2,1H3. The number of anilines is 1. The first-order valence-electron chi connectivity index (χ1n) is 10.2. The number of amides is 1. The third-order valence-electron chi connectivity index (χ3n) is 5.70. The molecule has 0 bridgehead atoms. The minimum Gasteiger partial charge on any atom is -0.487 e. The molecule has 0 unspecified atom stereocenters. The van der Waals surface area contributed by atoms with Crippen LogP contribution in [-0.4, -0.2) is 53.1 Å². The molecule has 0 N–H and O–H groups in total. The van der Waals surface area contributed by atoms with Crippen molar-refractivity contribution in [3.8, 4) is 5.75 Å². The van der Waals surface area contributed by atoms with Gasteiger partial charge in [0.05, 0.1) is 13.1 Å². The van der Waals surface area contributed by atoms with E-state index in [1.807, 2.05) is 54.3 Å². The molecule has 7 nitrogen and oxygen atoms in total. The first-order valence-corrected chi connectivity index (χ1v) is 10.2. The van der Waals surface area contributed by atoms with Crippen LogP contribution in [0.1, 0.15) is 18.5 Å². The van der Waals surface area contributed by atoms with E-state index in [0.717, 1.165) is 37.4 Å². The van der Waals surface area contributed by atoms with Crippen LogP contribution in [-0.2, 0) is 4.79 Å². The third kappa shape index (κ3) is 3.64. The zero-order chi connectivity index (χ0) is 19.8. The lowest BCUT2D eigenvalue weighted by Crippen LogP contribution is -2.58. The van der Waals surface area contributed by atoms with Crippen molar-refractivity contribution >= 4 is 23.2 Å². The smallest absolute Gasteiger partial charge is 0.299 e. The van der Waals surface area contributed by atoms with Gasteiger partial charge in [0.1, 0.15) is 11.9 Å². The van der Waals surface area contributed by atoms with Gasteiger partial charge in [-0.05, 0) is 44.0 Å². The lowest BCUT2D eigenvalue weighted by molar-refractivity contribution is -0.145. The summed E-state index contributed by atoms with van der Waals surface area (Å²) in [5, 5.41) is 0. The molecule has 2 saturated heterocycles. The quantitative estimate of drug-likeness (QED) is 0.680. The SMILES string of the molecule is Cc1ccc2oc(N3CCC(C(=O)N4CC(Oc5ccccc5)C4)CC3)nc2n1. The second-order valence-corrected chi connectivity index (χ2v) is 7.83. The van der Waals surface area contributed by atoms with E-state index in [1.54, 1.807) is 0 Å². The Morgan fingerprint density at radius 1 is 1.07 bits per heavy atom. The molecule has 7 heteroatoms. The number of likely N-dealkylation sites (tertiary alicyclic amines) is 1. The number of para-hydroxylation sites is 1. The highest BCUT2D eigenvalue weighted by Gasteiger charge is 2.37. The number of fused-ring (bicyclic) bond motifs is 1. The Labute approximate surface area is 169 Å². The number of ether oxygens (including phenoxy) is 1. The molecule has 4 heterocycles. The van der Waals surface area contributed by atoms with Crippen molar-refractivity contribution in [1.29, 1.82) is 0 Å². The molecule has 1 amide bonds. The van der Waals surface area contributed by atoms with Crippen molar-refractivity contribution in [2.24, 2.45) is 5.92 Å². The van der Waals surface area contributed by atoms with Crippen molar-refractivity contribution in [3.63, 3.8) is 0 Å². The van der Waals surface area contributed by atoms with E-state index in [9.17, 15) is 4.79 Å². The van der Waals surface area contributed by atoms with Crippen molar-refractivity contribution in [2.75, 3.05) is 31.1 Å². The van der Waals surface area contributed by atoms with E-state index in [4.69, 9.17) is 9.15 Å². The summed E-state index contributed by atoms with van der Waals surface area (Å²) >= 11 is 0. The number of hydrogen-bond donors (Lipinski definition) is 0. The maximum atomic E-state index is 12.8. The van der Waals surface area contributed by atoms with Crippen LogP contribution in [0.5, 0.6) is 5.75 Å². The highest BCUT2D eigenvalue weighted by Crippen LogP contribution is 2.28. The van der Waals surface area contributed by atoms with Gasteiger partial charge in [-0.1, -0.05) is 18.2 Å². The number of rotatable bonds is 4. The van der Waals surface area contributed by atoms with Crippen molar-refractivity contribution in [3.05, 3.63) is 48.2 Å². The van der Waals surface area contributed by atoms with E-state index in [-0.39, 0.29) is 17.9 Å². The molecule has 150 valence electrons. The average Bonchev–Trinajstić information content (AvgIpc) is 3.14. The van der Waals surface area contributed by atoms with Gasteiger partial charge in [-0.2, -0.15) is 4.98 Å². The van der Waals surface area contributed by atoms with Gasteiger partial charge in [0.15, 0.2) is 5.58 Å². The monoisotopic (exact) mass is 392 g/mol. The van der Waals surface area contributed by atoms with Crippen LogP contribution in [0.3, 0.4) is 0 Å². The molecular formula is C22H24N4O3. The summed E-state index contributed by atoms with van der Waals surface area (Å²) in [5.41, 5.74) is 2.27. The number of carbonyl (C=O) groups excluding carboxylic acids is 1. The molecule has 5 rings (SSSR count). The molecule has 2 aliphatic rings. The summed E-state index contributed by atoms with van der Waals surface area (Å²) in [7, 11) is 0. The van der Waals surface area contributed by atoms with Gasteiger partial charge < -0.3 is 19.0 Å². The maximum Gasteiger partial charge on any atom is 0.299 e. The van der Waals surface area contributed by atoms with Crippen molar-refractivity contribution in [1.82, 2.24) is 14.9 Å². The molecule has 29 heavy (non-hydrogen) atoms. The van der Waals surface area contributed by atoms with Gasteiger partial charge in [-0.25, -0.2) is 4.98 Å². The second kappa shape index (κ2) is 7.39. The highest BCUT2D eigenvalue weighted by atomic mass is 16.5. The first-order chi connectivity index (χ1) is 14.2. The first kappa shape index (κ1) is 18.0. The fraction of sp³-hybridized carbons (Fsp3) is 0.409. The Hall–Kier alpha value is -3.09. The van der Waals surface area contributed by atoms with Gasteiger partial charge in [0.25, 0.3) is 6.01 Å². The summed E-state index contributed by atoms with van der Waals surface area (Å²) in [6, 6.07) is 14.2. The van der Waals surface area contributed by atoms with Gasteiger partial charge in [-0.15, -0.1) is 0 Å². The number of benzene rings is 1. The fourth-order valence-electron chi connectivity index (χ4n) is 4.00. The Balaban J connectivity index is 1.13. The van der Waals surface area contributed by atoms with Gasteiger partial charge >= 0.3 is 0 Å². The topological polar surface area (TPSA) is 71.7 Å². The molecule has 2 aliphatic heterocycles. The molecule has 0 saturated carbocycles. The fourth-order valence-corrected chi connectivity index (χ4v) is 4.00. The molecule has 0 aliphatic carbocycles. The van der Waals surface area contributed by atoms with E-state index in [1.165, 1.54) is 0 Å². The van der Waals surface area contributed by atoms with E-state index in [2.05, 4.69) is 14.9 Å². The molecule has 0 spiro atoms. The Morgan fingerprint density at radius 3 is 2.59 bits per heavy atom. The normalized spacial score (nSPS) is 18.1. The zero-order valence-electron chi connectivity index (χ0n) is 16.5. The third-order valence-corrected chi connectivity index (χ3v) is 5.70. The number of hydrogen-bond acceptors (Lipinski definition) is 6. The van der Waals surface area contributed by atoms with Crippen LogP contribution in [0.4, 0.5) is 6.01 Å². The second-order valence-electron chi connectivity index (χ2n) is 7.83. The van der Waals surface area contributed by atoms with Gasteiger partial charge in [0, 0.05) is 24.7 Å². The predicted molar refractivity (Wildman–Crippen MR) is 109 cm³/mol. The molecule has 0 atom stereocenters. The number of nitrogens with zero attached hydrogens (tertiary/aromatic N) is 4. The Bertz CT molecular complexity index is 1010. The summed E-state index contributed by atoms with van der Waals surface area (Å²) < 4.78 is 11.8. The largest absolute Gasteiger partial charge is 0.487 e. The number of piperidine rings is 1. The van der Waals surface area contributed by atoms with Crippen molar-refractivity contribution < 1.29 is 13.9 Å². The molecule has 2 aromatic heterocycles. The average molecular weight is 392 g/mol. The number of carbonyl (C=O) groups is 1. The minimum absolute atomic E-state index is 0.0636. The molecular weight excluding hydrogens is 368 g/mol. The maximum absolute atomic E-state index is 12.8. The molecule has 1 aromatic carbocycles. The number of oxazole rings is 1. The van der Waals surface area contributed by atoms with Crippen LogP contribution in [0, 0.1) is 12.8 Å². The predicted octanol–water partition coefficient (Wildman–Crippen LogP) is 3.04. The van der Waals surface area contributed by atoms with Crippen LogP contribution < -0.4 is 9.64 Å². The number of aryl methyl sites for hydroxylation is 1. The van der Waals surface area contributed by atoms with Crippen LogP contribution in [0.15, 0.2) is 46.9 Å². The van der Waals surface area contributed by atoms with Gasteiger partial charge in [0.2, 0.25) is 11.6 Å². The van der Waals surface area contributed by atoms with E-state index >= 15 is 0 Å². The van der Waals surface area contributed by atoms with E-state index in [0.29, 0.717) is 30.3 Å². The summed E-state index contributed by atoms with van der Waals surface area (Å²) in [5.74, 6) is 1.17. The Kier molecular flexibility index (Phi) is 4.58. The van der Waals surface area contributed by atoms with E-state index < -0.39 is 0 Å². The minimum atomic E-state index is 0.0636. The Morgan fingerprint density at radius 2 is 1.83 bits per heavy atom. The molecule has 3 aromatic rings. The van der Waals surface area contributed by atoms with Gasteiger partial charge in [-0.3, -0.25) is 4.79 Å². The number of pyridine rings is 1. The number of aromatic nitrogens is 2. The van der Waals surface area contributed by atoms with Crippen LogP contribution in [0.25, 0.3) is 11.2 Å². The lowest BCUT2D eigenvalue weighted by Gasteiger charge is -2.42. The molecule has 0 radical (unpaired) electrons. The highest BCUT2D eigenvalue weighted by molar-refractivity contribution is 5.80. The summed E-state index contributed by atoms with van der Waals surface area (Å²) in [4.78, 5) is 25.8. The van der Waals surface area contributed by atoms with Crippen LogP contribution in [0.2, 0.25) is 0 Å². The summed E-state index contributed by atoms with van der Waals surface area (Å²) in [6.45, 7) is 4.81. The molecule has 2 fully saturated rings. The zero-order valence-corrected chi connectivity index (χ0v) is 16.5.